The molecule has 31 heavy (non-hydrogen) atoms. The minimum Gasteiger partial charge on any atom is -0.468 e. The molecule has 2 aromatic rings. The average molecular weight is 432 g/mol. The lowest BCUT2D eigenvalue weighted by molar-refractivity contribution is -0.139. The van der Waals surface area contributed by atoms with E-state index in [1.807, 2.05) is 6.07 Å². The van der Waals surface area contributed by atoms with Gasteiger partial charge >= 0.3 is 11.8 Å². The molecule has 1 aromatic carbocycles. The zero-order valence-electron chi connectivity index (χ0n) is 17.7. The molecule has 8 nitrogen and oxygen atoms in total. The summed E-state index contributed by atoms with van der Waals surface area (Å²) in [5, 5.41) is 5.30. The minimum atomic E-state index is -0.668. The number of carbonyl (C=O) groups excluding carboxylic acids is 2. The standard InChI is InChI=1S/C22H29FN4O4/c1-30-14-3-9-24-21(28)22(29)25-16-19(20-4-2-15-31-20)27-12-10-26(11-13-27)18-7-5-17(23)6-8-18/h2,4-8,15,19H,3,9-14,16H2,1H3,(H,24,28)(H,25,29). The molecule has 2 heterocycles. The van der Waals surface area contributed by atoms with Crippen molar-refractivity contribution < 1.29 is 23.1 Å². The Morgan fingerprint density at radius 3 is 2.45 bits per heavy atom. The Hall–Kier alpha value is -2.91. The topological polar surface area (TPSA) is 87.0 Å². The van der Waals surface area contributed by atoms with Crippen molar-refractivity contribution >= 4 is 17.5 Å². The van der Waals surface area contributed by atoms with Gasteiger partial charge in [-0.05, 0) is 42.8 Å². The van der Waals surface area contributed by atoms with Crippen LogP contribution in [0.5, 0.6) is 0 Å². The highest BCUT2D eigenvalue weighted by Gasteiger charge is 2.28. The Morgan fingerprint density at radius 2 is 1.81 bits per heavy atom. The van der Waals surface area contributed by atoms with Gasteiger partial charge in [0.05, 0.1) is 12.3 Å². The summed E-state index contributed by atoms with van der Waals surface area (Å²) in [6, 6.07) is 9.97. The van der Waals surface area contributed by atoms with E-state index in [9.17, 15) is 14.0 Å². The number of ether oxygens (including phenoxy) is 1. The van der Waals surface area contributed by atoms with E-state index in [-0.39, 0.29) is 18.4 Å². The summed E-state index contributed by atoms with van der Waals surface area (Å²) in [6.45, 7) is 4.16. The van der Waals surface area contributed by atoms with Crippen LogP contribution in [0.2, 0.25) is 0 Å². The molecule has 9 heteroatoms. The second kappa shape index (κ2) is 11.5. The molecule has 0 spiro atoms. The van der Waals surface area contributed by atoms with Gasteiger partial charge in [0.1, 0.15) is 11.6 Å². The number of halogens is 1. The molecule has 0 saturated carbocycles. The van der Waals surface area contributed by atoms with Crippen molar-refractivity contribution in [2.24, 2.45) is 0 Å². The lowest BCUT2D eigenvalue weighted by Crippen LogP contribution is -2.50. The van der Waals surface area contributed by atoms with Gasteiger partial charge in [-0.1, -0.05) is 0 Å². The molecule has 0 radical (unpaired) electrons. The molecule has 1 aromatic heterocycles. The third-order valence-electron chi connectivity index (χ3n) is 5.29. The SMILES string of the molecule is COCCCNC(=O)C(=O)NCC(c1ccco1)N1CCN(c2ccc(F)cc2)CC1. The highest BCUT2D eigenvalue weighted by molar-refractivity contribution is 6.35. The van der Waals surface area contributed by atoms with Crippen LogP contribution in [0.15, 0.2) is 47.1 Å². The highest BCUT2D eigenvalue weighted by atomic mass is 19.1. The molecule has 1 aliphatic heterocycles. The number of amides is 2. The number of nitrogens with zero attached hydrogens (tertiary/aromatic N) is 2. The van der Waals surface area contributed by atoms with Crippen LogP contribution in [0.25, 0.3) is 0 Å². The van der Waals surface area contributed by atoms with Crippen LogP contribution in [-0.2, 0) is 14.3 Å². The molecule has 0 aliphatic carbocycles. The molecular weight excluding hydrogens is 403 g/mol. The Kier molecular flexibility index (Phi) is 8.43. The fourth-order valence-electron chi connectivity index (χ4n) is 3.60. The number of hydrogen-bond acceptors (Lipinski definition) is 6. The van der Waals surface area contributed by atoms with Gasteiger partial charge in [0.2, 0.25) is 0 Å². The van der Waals surface area contributed by atoms with Crippen LogP contribution in [0, 0.1) is 5.82 Å². The lowest BCUT2D eigenvalue weighted by atomic mass is 10.1. The number of benzene rings is 1. The van der Waals surface area contributed by atoms with Gasteiger partial charge in [0.25, 0.3) is 0 Å². The Morgan fingerprint density at radius 1 is 1.10 bits per heavy atom. The predicted molar refractivity (Wildman–Crippen MR) is 114 cm³/mol. The summed E-state index contributed by atoms with van der Waals surface area (Å²) in [4.78, 5) is 28.6. The van der Waals surface area contributed by atoms with E-state index < -0.39 is 11.8 Å². The normalized spacial score (nSPS) is 15.5. The number of carbonyl (C=O) groups is 2. The van der Waals surface area contributed by atoms with Crippen molar-refractivity contribution in [1.82, 2.24) is 15.5 Å². The third kappa shape index (κ3) is 6.53. The maximum atomic E-state index is 13.2. The minimum absolute atomic E-state index is 0.185. The molecule has 1 aliphatic rings. The van der Waals surface area contributed by atoms with Gasteiger partial charge in [-0.2, -0.15) is 0 Å². The van der Waals surface area contributed by atoms with E-state index in [0.29, 0.717) is 19.6 Å². The zero-order valence-corrected chi connectivity index (χ0v) is 17.7. The summed E-state index contributed by atoms with van der Waals surface area (Å²) in [5.74, 6) is -0.843. The van der Waals surface area contributed by atoms with Gasteiger partial charge in [0, 0.05) is 58.7 Å². The molecule has 1 atom stereocenters. The first-order valence-corrected chi connectivity index (χ1v) is 10.4. The van der Waals surface area contributed by atoms with E-state index in [4.69, 9.17) is 9.15 Å². The van der Waals surface area contributed by atoms with E-state index in [0.717, 1.165) is 37.6 Å². The number of nitrogens with one attached hydrogen (secondary N) is 2. The molecule has 1 saturated heterocycles. The van der Waals surface area contributed by atoms with E-state index >= 15 is 0 Å². The number of methoxy groups -OCH3 is 1. The molecule has 2 amide bonds. The summed E-state index contributed by atoms with van der Waals surface area (Å²) in [6.07, 6.45) is 2.24. The van der Waals surface area contributed by atoms with Crippen LogP contribution in [0.1, 0.15) is 18.2 Å². The predicted octanol–water partition coefficient (Wildman–Crippen LogP) is 1.55. The molecule has 0 bridgehead atoms. The van der Waals surface area contributed by atoms with Crippen LogP contribution in [-0.4, -0.2) is 69.7 Å². The van der Waals surface area contributed by atoms with Crippen molar-refractivity contribution in [3.8, 4) is 0 Å². The average Bonchev–Trinajstić information content (AvgIpc) is 3.32. The van der Waals surface area contributed by atoms with Crippen molar-refractivity contribution in [2.75, 3.05) is 57.9 Å². The second-order valence-corrected chi connectivity index (χ2v) is 7.34. The highest BCUT2D eigenvalue weighted by Crippen LogP contribution is 2.24. The molecule has 3 rings (SSSR count). The van der Waals surface area contributed by atoms with Gasteiger partial charge in [-0.25, -0.2) is 4.39 Å². The van der Waals surface area contributed by atoms with Crippen molar-refractivity contribution in [3.05, 3.63) is 54.2 Å². The van der Waals surface area contributed by atoms with Crippen LogP contribution < -0.4 is 15.5 Å². The number of rotatable bonds is 9. The first-order valence-electron chi connectivity index (χ1n) is 10.4. The van der Waals surface area contributed by atoms with Crippen LogP contribution >= 0.6 is 0 Å². The number of anilines is 1. The summed E-state index contributed by atoms with van der Waals surface area (Å²) in [7, 11) is 1.59. The Balaban J connectivity index is 1.54. The number of hydrogen-bond donors (Lipinski definition) is 2. The van der Waals surface area contributed by atoms with Gasteiger partial charge in [-0.3, -0.25) is 14.5 Å². The molecule has 2 N–H and O–H groups in total. The third-order valence-corrected chi connectivity index (χ3v) is 5.29. The molecule has 168 valence electrons. The fraction of sp³-hybridized carbons (Fsp3) is 0.455. The van der Waals surface area contributed by atoms with Crippen molar-refractivity contribution in [1.29, 1.82) is 0 Å². The maximum absolute atomic E-state index is 13.2. The molecule has 1 unspecified atom stereocenters. The lowest BCUT2D eigenvalue weighted by Gasteiger charge is -2.39. The van der Waals surface area contributed by atoms with Gasteiger partial charge < -0.3 is 24.7 Å². The summed E-state index contributed by atoms with van der Waals surface area (Å²) in [5.41, 5.74) is 0.981. The van der Waals surface area contributed by atoms with Gasteiger partial charge in [-0.15, -0.1) is 0 Å². The largest absolute Gasteiger partial charge is 0.468 e. The van der Waals surface area contributed by atoms with E-state index in [1.54, 1.807) is 31.6 Å². The summed E-state index contributed by atoms with van der Waals surface area (Å²) < 4.78 is 23.7. The molecule has 1 fully saturated rings. The Labute approximate surface area is 181 Å². The van der Waals surface area contributed by atoms with Crippen LogP contribution in [0.3, 0.4) is 0 Å². The van der Waals surface area contributed by atoms with E-state index in [1.165, 1.54) is 12.1 Å². The summed E-state index contributed by atoms with van der Waals surface area (Å²) >= 11 is 0. The molecular formula is C22H29FN4O4. The number of piperazine rings is 1. The smallest absolute Gasteiger partial charge is 0.309 e. The van der Waals surface area contributed by atoms with Gasteiger partial charge in [0.15, 0.2) is 0 Å². The Bertz CT molecular complexity index is 821. The maximum Gasteiger partial charge on any atom is 0.309 e. The first-order chi connectivity index (χ1) is 15.1. The zero-order chi connectivity index (χ0) is 22.1. The first kappa shape index (κ1) is 22.8. The van der Waals surface area contributed by atoms with Crippen molar-refractivity contribution in [3.63, 3.8) is 0 Å². The van der Waals surface area contributed by atoms with Crippen molar-refractivity contribution in [2.45, 2.75) is 12.5 Å². The quantitative estimate of drug-likeness (QED) is 0.462. The van der Waals surface area contributed by atoms with E-state index in [2.05, 4.69) is 20.4 Å². The monoisotopic (exact) mass is 432 g/mol. The van der Waals surface area contributed by atoms with Crippen LogP contribution in [0.4, 0.5) is 10.1 Å². The second-order valence-electron chi connectivity index (χ2n) is 7.34. The number of furan rings is 1. The fourth-order valence-corrected chi connectivity index (χ4v) is 3.60.